The van der Waals surface area contributed by atoms with Crippen LogP contribution in [-0.2, 0) is 14.6 Å². The topological polar surface area (TPSA) is 63.6 Å². The summed E-state index contributed by atoms with van der Waals surface area (Å²) in [6, 6.07) is 0. The van der Waals surface area contributed by atoms with E-state index in [9.17, 15) is 8.42 Å². The van der Waals surface area contributed by atoms with Crippen molar-refractivity contribution in [1.29, 1.82) is 0 Å². The predicted molar refractivity (Wildman–Crippen MR) is 75.1 cm³/mol. The molecule has 0 aromatic heterocycles. The van der Waals surface area contributed by atoms with Crippen LogP contribution in [0.5, 0.6) is 0 Å². The largest absolute Gasteiger partial charge is 0.397 e. The number of hydrogen-bond acceptors (Lipinski definition) is 3. The van der Waals surface area contributed by atoms with E-state index >= 15 is 0 Å². The van der Waals surface area contributed by atoms with E-state index in [1.54, 1.807) is 0 Å². The first-order valence-electron chi connectivity index (χ1n) is 6.68. The molecule has 0 unspecified atom stereocenters. The summed E-state index contributed by atoms with van der Waals surface area (Å²) in [5, 5.41) is 0. The Morgan fingerprint density at radius 3 is 1.61 bits per heavy atom. The molecule has 105 valence electrons. The molecular weight excluding hydrogens is 247 g/mol. The molecule has 0 spiro atoms. The molecule has 0 aliphatic heterocycles. The zero-order valence-corrected chi connectivity index (χ0v) is 12.7. The van der Waals surface area contributed by atoms with Crippen molar-refractivity contribution >= 4 is 29.3 Å². The molecule has 0 amide bonds. The first kappa shape index (κ1) is 20.8. The minimum Gasteiger partial charge on any atom is -0.264 e. The molecule has 0 aromatic carbocycles. The zero-order chi connectivity index (χ0) is 13.0. The van der Waals surface area contributed by atoms with Gasteiger partial charge >= 0.3 is 10.4 Å². The smallest absolute Gasteiger partial charge is 0.264 e. The van der Waals surface area contributed by atoms with E-state index in [1.165, 1.54) is 44.9 Å². The zero-order valence-electron chi connectivity index (χ0n) is 11.9. The summed E-state index contributed by atoms with van der Waals surface area (Å²) in [5.74, 6) is 0. The molecule has 0 aromatic rings. The van der Waals surface area contributed by atoms with Crippen LogP contribution in [0, 0.1) is 0 Å². The molecule has 18 heavy (non-hydrogen) atoms. The molecule has 1 radical (unpaired) electrons. The molecular formula is C12H26LiO4S. The fraction of sp³-hybridized carbons (Fsp3) is 1.00. The van der Waals surface area contributed by atoms with E-state index in [-0.39, 0.29) is 25.5 Å². The van der Waals surface area contributed by atoms with Crippen molar-refractivity contribution in [2.24, 2.45) is 0 Å². The third kappa shape index (κ3) is 18.8. The molecule has 0 aliphatic rings. The van der Waals surface area contributed by atoms with E-state index in [4.69, 9.17) is 4.55 Å². The monoisotopic (exact) mass is 273 g/mol. The fourth-order valence-corrected chi connectivity index (χ4v) is 2.08. The molecule has 0 atom stereocenters. The van der Waals surface area contributed by atoms with E-state index in [0.29, 0.717) is 6.42 Å². The van der Waals surface area contributed by atoms with Crippen LogP contribution >= 0.6 is 0 Å². The summed E-state index contributed by atoms with van der Waals surface area (Å²) in [4.78, 5) is 0. The van der Waals surface area contributed by atoms with Crippen LogP contribution in [0.1, 0.15) is 71.1 Å². The van der Waals surface area contributed by atoms with Crippen molar-refractivity contribution in [1.82, 2.24) is 0 Å². The second kappa shape index (κ2) is 13.9. The van der Waals surface area contributed by atoms with Crippen LogP contribution < -0.4 is 0 Å². The van der Waals surface area contributed by atoms with Crippen LogP contribution in [0.4, 0.5) is 0 Å². The van der Waals surface area contributed by atoms with E-state index in [1.807, 2.05) is 0 Å². The van der Waals surface area contributed by atoms with Crippen LogP contribution in [0.3, 0.4) is 0 Å². The Balaban J connectivity index is 0. The summed E-state index contributed by atoms with van der Waals surface area (Å²) in [7, 11) is -4.23. The molecule has 0 fully saturated rings. The first-order valence-corrected chi connectivity index (χ1v) is 8.04. The summed E-state index contributed by atoms with van der Waals surface area (Å²) in [5.41, 5.74) is 0. The maximum absolute atomic E-state index is 10.2. The molecule has 0 saturated heterocycles. The van der Waals surface area contributed by atoms with E-state index in [0.717, 1.165) is 12.8 Å². The Labute approximate surface area is 124 Å². The Hall–Kier alpha value is 0.467. The Kier molecular flexibility index (Phi) is 16.0. The van der Waals surface area contributed by atoms with Crippen molar-refractivity contribution in [3.8, 4) is 0 Å². The average Bonchev–Trinajstić information content (AvgIpc) is 2.24. The maximum atomic E-state index is 10.2. The van der Waals surface area contributed by atoms with Gasteiger partial charge in [0.25, 0.3) is 0 Å². The predicted octanol–water partition coefficient (Wildman–Crippen LogP) is 3.35. The van der Waals surface area contributed by atoms with Crippen molar-refractivity contribution in [2.45, 2.75) is 71.1 Å². The summed E-state index contributed by atoms with van der Waals surface area (Å²) in [6.45, 7) is 2.31. The van der Waals surface area contributed by atoms with Crippen LogP contribution in [0.15, 0.2) is 0 Å². The Morgan fingerprint density at radius 1 is 0.833 bits per heavy atom. The van der Waals surface area contributed by atoms with Gasteiger partial charge in [-0.1, -0.05) is 64.7 Å². The third-order valence-corrected chi connectivity index (χ3v) is 3.19. The molecule has 0 bridgehead atoms. The molecule has 0 saturated carbocycles. The van der Waals surface area contributed by atoms with Gasteiger partial charge in [0.15, 0.2) is 0 Å². The molecule has 1 N–H and O–H groups in total. The number of unbranched alkanes of at least 4 members (excludes halogenated alkanes) is 9. The Bertz CT molecular complexity index is 255. The van der Waals surface area contributed by atoms with Gasteiger partial charge in [-0.15, -0.1) is 0 Å². The molecule has 0 heterocycles. The van der Waals surface area contributed by atoms with Gasteiger partial charge in [-0.05, 0) is 6.42 Å². The Morgan fingerprint density at radius 2 is 1.22 bits per heavy atom. The van der Waals surface area contributed by atoms with Gasteiger partial charge in [0.2, 0.25) is 0 Å². The number of rotatable bonds is 12. The molecule has 6 heteroatoms. The minimum atomic E-state index is -4.23. The van der Waals surface area contributed by atoms with Crippen LogP contribution in [0.25, 0.3) is 0 Å². The van der Waals surface area contributed by atoms with Crippen molar-refractivity contribution < 1.29 is 17.2 Å². The molecule has 4 nitrogen and oxygen atoms in total. The standard InChI is InChI=1S/C12H26O4S.Li/c1-2-3-4-5-6-7-8-9-10-11-12-16-17(13,14)15;/h2-12H2,1H3,(H,13,14,15);. The van der Waals surface area contributed by atoms with Gasteiger partial charge in [0.05, 0.1) is 6.61 Å². The van der Waals surface area contributed by atoms with Gasteiger partial charge in [-0.3, -0.25) is 4.55 Å². The summed E-state index contributed by atoms with van der Waals surface area (Å²) >= 11 is 0. The van der Waals surface area contributed by atoms with E-state index < -0.39 is 10.4 Å². The normalized spacial score (nSPS) is 11.2. The van der Waals surface area contributed by atoms with Crippen LogP contribution in [0.2, 0.25) is 0 Å². The van der Waals surface area contributed by atoms with Crippen molar-refractivity contribution in [2.75, 3.05) is 6.61 Å². The average molecular weight is 273 g/mol. The molecule has 0 aliphatic carbocycles. The minimum absolute atomic E-state index is 0. The van der Waals surface area contributed by atoms with Crippen LogP contribution in [-0.4, -0.2) is 38.4 Å². The quantitative estimate of drug-likeness (QED) is 0.336. The fourth-order valence-electron chi connectivity index (χ4n) is 1.75. The third-order valence-electron chi connectivity index (χ3n) is 2.73. The van der Waals surface area contributed by atoms with Crippen molar-refractivity contribution in [3.05, 3.63) is 0 Å². The second-order valence-corrected chi connectivity index (χ2v) is 5.52. The van der Waals surface area contributed by atoms with Gasteiger partial charge in [0, 0.05) is 18.9 Å². The summed E-state index contributed by atoms with van der Waals surface area (Å²) < 4.78 is 33.0. The summed E-state index contributed by atoms with van der Waals surface area (Å²) in [6.07, 6.45) is 11.9. The van der Waals surface area contributed by atoms with Crippen molar-refractivity contribution in [3.63, 3.8) is 0 Å². The molecule has 0 rings (SSSR count). The number of hydrogen-bond donors (Lipinski definition) is 1. The van der Waals surface area contributed by atoms with Gasteiger partial charge in [-0.2, -0.15) is 8.42 Å². The van der Waals surface area contributed by atoms with Gasteiger partial charge in [-0.25, -0.2) is 4.18 Å². The van der Waals surface area contributed by atoms with Gasteiger partial charge in [0.1, 0.15) is 0 Å². The van der Waals surface area contributed by atoms with Gasteiger partial charge < -0.3 is 0 Å². The SMILES string of the molecule is CCCCCCCCCCCCOS(=O)(=O)O.[Li]. The van der Waals surface area contributed by atoms with E-state index in [2.05, 4.69) is 11.1 Å². The second-order valence-electron chi connectivity index (χ2n) is 4.43. The maximum Gasteiger partial charge on any atom is 0.397 e. The first-order chi connectivity index (χ1) is 8.06.